The highest BCUT2D eigenvalue weighted by Gasteiger charge is 2.28. The number of rotatable bonds is 5. The predicted molar refractivity (Wildman–Crippen MR) is 74.3 cm³/mol. The van der Waals surface area contributed by atoms with E-state index >= 15 is 0 Å². The van der Waals surface area contributed by atoms with Gasteiger partial charge >= 0.3 is 6.03 Å². The van der Waals surface area contributed by atoms with Crippen LogP contribution in [0.4, 0.5) is 4.79 Å². The van der Waals surface area contributed by atoms with Gasteiger partial charge in [0.2, 0.25) is 5.91 Å². The Labute approximate surface area is 119 Å². The van der Waals surface area contributed by atoms with Crippen LogP contribution in [0.25, 0.3) is 0 Å². The maximum absolute atomic E-state index is 12.1. The zero-order valence-corrected chi connectivity index (χ0v) is 12.5. The van der Waals surface area contributed by atoms with Crippen LogP contribution >= 0.6 is 0 Å². The molecule has 1 fully saturated rings. The first kappa shape index (κ1) is 16.7. The van der Waals surface area contributed by atoms with E-state index in [1.807, 2.05) is 0 Å². The second kappa shape index (κ2) is 8.06. The summed E-state index contributed by atoms with van der Waals surface area (Å²) < 4.78 is 4.92. The van der Waals surface area contributed by atoms with Gasteiger partial charge in [0.25, 0.3) is 0 Å². The minimum Gasteiger partial charge on any atom is -0.394 e. The number of piperidine rings is 1. The molecule has 1 rings (SSSR count). The lowest BCUT2D eigenvalue weighted by Gasteiger charge is -2.33. The molecule has 0 bridgehead atoms. The lowest BCUT2D eigenvalue weighted by molar-refractivity contribution is -0.127. The zero-order chi connectivity index (χ0) is 15.1. The molecular weight excluding hydrogens is 262 g/mol. The molecule has 3 amide bonds. The Morgan fingerprint density at radius 2 is 2.00 bits per heavy atom. The third-order valence-electron chi connectivity index (χ3n) is 3.45. The standard InChI is InChI=1S/C13H25N3O4/c1-15(2)13(19)16-6-4-10(5-7-16)12(18)14-11(8-17)9-20-3/h10-11,17H,4-9H2,1-3H3,(H,14,18). The summed E-state index contributed by atoms with van der Waals surface area (Å²) in [6.07, 6.45) is 1.30. The average Bonchev–Trinajstić information content (AvgIpc) is 2.45. The number of amides is 3. The number of carbonyl (C=O) groups is 2. The summed E-state index contributed by atoms with van der Waals surface area (Å²) in [6.45, 7) is 1.32. The van der Waals surface area contributed by atoms with E-state index in [9.17, 15) is 9.59 Å². The Hall–Kier alpha value is -1.34. The fourth-order valence-electron chi connectivity index (χ4n) is 2.28. The summed E-state index contributed by atoms with van der Waals surface area (Å²) in [5, 5.41) is 11.9. The molecule has 1 aliphatic heterocycles. The van der Waals surface area contributed by atoms with Crippen molar-refractivity contribution >= 4 is 11.9 Å². The molecule has 7 heteroatoms. The SMILES string of the molecule is COCC(CO)NC(=O)C1CCN(C(=O)N(C)C)CC1. The van der Waals surface area contributed by atoms with Gasteiger partial charge in [-0.2, -0.15) is 0 Å². The van der Waals surface area contributed by atoms with Crippen molar-refractivity contribution < 1.29 is 19.4 Å². The fraction of sp³-hybridized carbons (Fsp3) is 0.846. The van der Waals surface area contributed by atoms with Crippen molar-refractivity contribution in [3.8, 4) is 0 Å². The molecule has 1 aliphatic rings. The van der Waals surface area contributed by atoms with Crippen LogP contribution in [0.15, 0.2) is 0 Å². The lowest BCUT2D eigenvalue weighted by Crippen LogP contribution is -2.49. The molecule has 0 aromatic carbocycles. The van der Waals surface area contributed by atoms with Crippen molar-refractivity contribution in [2.75, 3.05) is 47.5 Å². The van der Waals surface area contributed by atoms with Crippen LogP contribution in [-0.4, -0.2) is 80.4 Å². The largest absolute Gasteiger partial charge is 0.394 e. The molecular formula is C13H25N3O4. The molecule has 116 valence electrons. The number of aliphatic hydroxyl groups is 1. The highest BCUT2D eigenvalue weighted by molar-refractivity contribution is 5.80. The van der Waals surface area contributed by atoms with Crippen molar-refractivity contribution in [2.24, 2.45) is 5.92 Å². The van der Waals surface area contributed by atoms with Gasteiger partial charge in [-0.1, -0.05) is 0 Å². The monoisotopic (exact) mass is 287 g/mol. The first-order valence-electron chi connectivity index (χ1n) is 6.86. The second-order valence-electron chi connectivity index (χ2n) is 5.28. The smallest absolute Gasteiger partial charge is 0.319 e. The number of methoxy groups -OCH3 is 1. The van der Waals surface area contributed by atoms with E-state index in [4.69, 9.17) is 9.84 Å². The van der Waals surface area contributed by atoms with E-state index in [-0.39, 0.29) is 30.5 Å². The number of ether oxygens (including phenoxy) is 1. The van der Waals surface area contributed by atoms with E-state index in [1.165, 1.54) is 7.11 Å². The Balaban J connectivity index is 2.40. The van der Waals surface area contributed by atoms with Crippen LogP contribution < -0.4 is 5.32 Å². The Morgan fingerprint density at radius 1 is 1.40 bits per heavy atom. The molecule has 0 radical (unpaired) electrons. The number of carbonyl (C=O) groups excluding carboxylic acids is 2. The summed E-state index contributed by atoms with van der Waals surface area (Å²) in [4.78, 5) is 27.1. The van der Waals surface area contributed by atoms with Crippen LogP contribution in [0, 0.1) is 5.92 Å². The van der Waals surface area contributed by atoms with E-state index < -0.39 is 0 Å². The summed E-state index contributed by atoms with van der Waals surface area (Å²) in [7, 11) is 4.97. The highest BCUT2D eigenvalue weighted by Crippen LogP contribution is 2.18. The number of urea groups is 1. The van der Waals surface area contributed by atoms with Crippen molar-refractivity contribution in [1.82, 2.24) is 15.1 Å². The molecule has 20 heavy (non-hydrogen) atoms. The number of nitrogens with zero attached hydrogens (tertiary/aromatic N) is 2. The van der Waals surface area contributed by atoms with Crippen LogP contribution in [-0.2, 0) is 9.53 Å². The van der Waals surface area contributed by atoms with Crippen LogP contribution in [0.1, 0.15) is 12.8 Å². The van der Waals surface area contributed by atoms with Crippen molar-refractivity contribution in [3.05, 3.63) is 0 Å². The number of nitrogens with one attached hydrogen (secondary N) is 1. The van der Waals surface area contributed by atoms with Gasteiger partial charge in [0, 0.05) is 40.2 Å². The summed E-state index contributed by atoms with van der Waals surface area (Å²) in [5.41, 5.74) is 0. The van der Waals surface area contributed by atoms with E-state index in [0.29, 0.717) is 32.5 Å². The van der Waals surface area contributed by atoms with Crippen LogP contribution in [0.5, 0.6) is 0 Å². The summed E-state index contributed by atoms with van der Waals surface area (Å²) in [5.74, 6) is -0.176. The second-order valence-corrected chi connectivity index (χ2v) is 5.28. The fourth-order valence-corrected chi connectivity index (χ4v) is 2.28. The zero-order valence-electron chi connectivity index (χ0n) is 12.5. The molecule has 0 aromatic heterocycles. The van der Waals surface area contributed by atoms with E-state index in [1.54, 1.807) is 23.9 Å². The summed E-state index contributed by atoms with van der Waals surface area (Å²) >= 11 is 0. The highest BCUT2D eigenvalue weighted by atomic mass is 16.5. The molecule has 2 N–H and O–H groups in total. The van der Waals surface area contributed by atoms with Gasteiger partial charge < -0.3 is 25.0 Å². The molecule has 0 aromatic rings. The predicted octanol–water partition coefficient (Wildman–Crippen LogP) is -0.496. The van der Waals surface area contributed by atoms with E-state index in [0.717, 1.165) is 0 Å². The maximum Gasteiger partial charge on any atom is 0.319 e. The third-order valence-corrected chi connectivity index (χ3v) is 3.45. The molecule has 1 heterocycles. The Bertz CT molecular complexity index is 328. The molecule has 0 aliphatic carbocycles. The van der Waals surface area contributed by atoms with Gasteiger partial charge in [-0.15, -0.1) is 0 Å². The van der Waals surface area contributed by atoms with Crippen molar-refractivity contribution in [3.63, 3.8) is 0 Å². The van der Waals surface area contributed by atoms with Gasteiger partial charge in [0.15, 0.2) is 0 Å². The maximum atomic E-state index is 12.1. The number of likely N-dealkylation sites (tertiary alicyclic amines) is 1. The number of hydrogen-bond donors (Lipinski definition) is 2. The minimum absolute atomic E-state index is 0.0172. The van der Waals surface area contributed by atoms with Gasteiger partial charge in [-0.05, 0) is 12.8 Å². The molecule has 1 saturated heterocycles. The summed E-state index contributed by atoms with van der Waals surface area (Å²) in [6, 6.07) is -0.384. The molecule has 0 spiro atoms. The van der Waals surface area contributed by atoms with Gasteiger partial charge in [-0.3, -0.25) is 4.79 Å². The van der Waals surface area contributed by atoms with Crippen LogP contribution in [0.3, 0.4) is 0 Å². The first-order valence-corrected chi connectivity index (χ1v) is 6.86. The number of hydrogen-bond acceptors (Lipinski definition) is 4. The molecule has 1 unspecified atom stereocenters. The quantitative estimate of drug-likeness (QED) is 0.714. The third kappa shape index (κ3) is 4.64. The number of aliphatic hydroxyl groups excluding tert-OH is 1. The normalized spacial score (nSPS) is 17.7. The van der Waals surface area contributed by atoms with Crippen molar-refractivity contribution in [2.45, 2.75) is 18.9 Å². The molecule has 7 nitrogen and oxygen atoms in total. The average molecular weight is 287 g/mol. The van der Waals surface area contributed by atoms with Gasteiger partial charge in [-0.25, -0.2) is 4.79 Å². The first-order chi connectivity index (χ1) is 9.49. The Kier molecular flexibility index (Phi) is 6.74. The van der Waals surface area contributed by atoms with Gasteiger partial charge in [0.05, 0.1) is 19.3 Å². The topological polar surface area (TPSA) is 82.1 Å². The van der Waals surface area contributed by atoms with Crippen LogP contribution in [0.2, 0.25) is 0 Å². The lowest BCUT2D eigenvalue weighted by atomic mass is 9.96. The minimum atomic E-state index is -0.367. The molecule has 0 saturated carbocycles. The molecule has 1 atom stereocenters. The van der Waals surface area contributed by atoms with E-state index in [2.05, 4.69) is 5.32 Å². The van der Waals surface area contributed by atoms with Gasteiger partial charge in [0.1, 0.15) is 0 Å². The Morgan fingerprint density at radius 3 is 2.45 bits per heavy atom. The van der Waals surface area contributed by atoms with Crippen molar-refractivity contribution in [1.29, 1.82) is 0 Å².